The minimum absolute atomic E-state index is 0.161. The molecule has 1 unspecified atom stereocenters. The number of halogens is 3. The zero-order valence-corrected chi connectivity index (χ0v) is 8.03. The molecular weight excluding hydrogens is 197 g/mol. The Bertz CT molecular complexity index is 178. The van der Waals surface area contributed by atoms with Crippen molar-refractivity contribution in [3.63, 3.8) is 0 Å². The van der Waals surface area contributed by atoms with Crippen molar-refractivity contribution in [1.29, 1.82) is 0 Å². The third-order valence-electron chi connectivity index (χ3n) is 1.86. The third kappa shape index (κ3) is 5.80. The highest BCUT2D eigenvalue weighted by Crippen LogP contribution is 2.18. The van der Waals surface area contributed by atoms with Crippen molar-refractivity contribution in [1.82, 2.24) is 5.32 Å². The molecule has 0 aliphatic rings. The van der Waals surface area contributed by atoms with E-state index in [0.29, 0.717) is 6.42 Å². The lowest BCUT2D eigenvalue weighted by Gasteiger charge is -2.13. The molecule has 0 fully saturated rings. The highest BCUT2D eigenvalue weighted by Gasteiger charge is 2.27. The van der Waals surface area contributed by atoms with Crippen molar-refractivity contribution in [3.8, 4) is 0 Å². The van der Waals surface area contributed by atoms with Gasteiger partial charge in [-0.05, 0) is 6.42 Å². The fourth-order valence-electron chi connectivity index (χ4n) is 0.931. The van der Waals surface area contributed by atoms with E-state index in [4.69, 9.17) is 5.73 Å². The number of hydrogen-bond donors (Lipinski definition) is 2. The van der Waals surface area contributed by atoms with Crippen LogP contribution >= 0.6 is 0 Å². The van der Waals surface area contributed by atoms with E-state index in [0.717, 1.165) is 0 Å². The van der Waals surface area contributed by atoms with Crippen LogP contribution in [-0.4, -0.2) is 25.2 Å². The quantitative estimate of drug-likeness (QED) is 0.715. The Kier molecular flexibility index (Phi) is 5.52. The van der Waals surface area contributed by atoms with E-state index in [2.05, 4.69) is 5.32 Å². The summed E-state index contributed by atoms with van der Waals surface area (Å²) in [5.41, 5.74) is 5.26. The molecule has 1 amide bonds. The fraction of sp³-hybridized carbons (Fsp3) is 0.875. The zero-order chi connectivity index (χ0) is 11.2. The molecule has 0 heterocycles. The lowest BCUT2D eigenvalue weighted by Crippen LogP contribution is -2.36. The van der Waals surface area contributed by atoms with Gasteiger partial charge in [0.25, 0.3) is 0 Å². The maximum atomic E-state index is 11.7. The molecule has 1 atom stereocenters. The first kappa shape index (κ1) is 13.2. The number of carbonyl (C=O) groups excluding carboxylic acids is 1. The van der Waals surface area contributed by atoms with Crippen LogP contribution < -0.4 is 11.1 Å². The van der Waals surface area contributed by atoms with Gasteiger partial charge in [0.2, 0.25) is 5.91 Å². The van der Waals surface area contributed by atoms with Gasteiger partial charge in [0.05, 0.1) is 6.42 Å². The number of hydrogen-bond acceptors (Lipinski definition) is 2. The Labute approximate surface area is 80.8 Å². The summed E-state index contributed by atoms with van der Waals surface area (Å²) in [5.74, 6) is -0.789. The molecule has 0 aromatic carbocycles. The highest BCUT2D eigenvalue weighted by molar-refractivity contribution is 5.78. The Morgan fingerprint density at radius 2 is 2.07 bits per heavy atom. The van der Waals surface area contributed by atoms with Gasteiger partial charge in [-0.2, -0.15) is 13.2 Å². The van der Waals surface area contributed by atoms with Crippen LogP contribution in [0.25, 0.3) is 0 Å². The van der Waals surface area contributed by atoms with Crippen LogP contribution in [0.5, 0.6) is 0 Å². The van der Waals surface area contributed by atoms with Gasteiger partial charge in [-0.3, -0.25) is 4.79 Å². The first-order valence-corrected chi connectivity index (χ1v) is 4.45. The van der Waals surface area contributed by atoms with Crippen molar-refractivity contribution in [2.24, 2.45) is 11.7 Å². The van der Waals surface area contributed by atoms with Crippen LogP contribution in [0, 0.1) is 5.92 Å². The summed E-state index contributed by atoms with van der Waals surface area (Å²) in [4.78, 5) is 11.1. The van der Waals surface area contributed by atoms with Gasteiger partial charge in [0, 0.05) is 19.0 Å². The van der Waals surface area contributed by atoms with Gasteiger partial charge in [0.15, 0.2) is 0 Å². The molecule has 0 spiro atoms. The largest absolute Gasteiger partial charge is 0.390 e. The minimum Gasteiger partial charge on any atom is -0.355 e. The molecule has 84 valence electrons. The fourth-order valence-corrected chi connectivity index (χ4v) is 0.931. The number of rotatable bonds is 5. The van der Waals surface area contributed by atoms with Crippen LogP contribution in [0.3, 0.4) is 0 Å². The minimum atomic E-state index is -4.22. The van der Waals surface area contributed by atoms with Gasteiger partial charge in [-0.15, -0.1) is 0 Å². The van der Waals surface area contributed by atoms with Gasteiger partial charge in [0.1, 0.15) is 0 Å². The SMILES string of the molecule is CCC(CN)C(=O)NCCC(F)(F)F. The van der Waals surface area contributed by atoms with Crippen LogP contribution in [0.4, 0.5) is 13.2 Å². The van der Waals surface area contributed by atoms with Crippen molar-refractivity contribution < 1.29 is 18.0 Å². The number of carbonyl (C=O) groups is 1. The smallest absolute Gasteiger partial charge is 0.355 e. The normalized spacial score (nSPS) is 13.8. The second-order valence-corrected chi connectivity index (χ2v) is 3.00. The number of alkyl halides is 3. The summed E-state index contributed by atoms with van der Waals surface area (Å²) in [6.45, 7) is 1.55. The lowest BCUT2D eigenvalue weighted by atomic mass is 10.1. The summed E-state index contributed by atoms with van der Waals surface area (Å²) in [6.07, 6.45) is -4.69. The molecule has 0 aliphatic carbocycles. The zero-order valence-electron chi connectivity index (χ0n) is 8.03. The molecule has 3 nitrogen and oxygen atoms in total. The molecule has 0 radical (unpaired) electrons. The van der Waals surface area contributed by atoms with Crippen LogP contribution in [0.2, 0.25) is 0 Å². The summed E-state index contributed by atoms with van der Waals surface area (Å²) in [7, 11) is 0. The summed E-state index contributed by atoms with van der Waals surface area (Å²) < 4.78 is 35.1. The van der Waals surface area contributed by atoms with E-state index in [9.17, 15) is 18.0 Å². The molecule has 0 rings (SSSR count). The van der Waals surface area contributed by atoms with E-state index in [1.54, 1.807) is 6.92 Å². The average molecular weight is 212 g/mol. The molecule has 0 bridgehead atoms. The van der Waals surface area contributed by atoms with E-state index >= 15 is 0 Å². The summed E-state index contributed by atoms with van der Waals surface area (Å²) in [5, 5.41) is 2.20. The van der Waals surface area contributed by atoms with Gasteiger partial charge in [-0.25, -0.2) is 0 Å². The maximum absolute atomic E-state index is 11.7. The van der Waals surface area contributed by atoms with Crippen LogP contribution in [0.1, 0.15) is 19.8 Å². The first-order chi connectivity index (χ1) is 6.40. The summed E-state index contributed by atoms with van der Waals surface area (Å²) in [6, 6.07) is 0. The number of amides is 1. The second-order valence-electron chi connectivity index (χ2n) is 3.00. The molecule has 0 aromatic rings. The molecule has 3 N–H and O–H groups in total. The summed E-state index contributed by atoms with van der Waals surface area (Å²) >= 11 is 0. The molecule has 0 aliphatic heterocycles. The Balaban J connectivity index is 3.74. The molecule has 0 saturated heterocycles. The van der Waals surface area contributed by atoms with E-state index in [1.807, 2.05) is 0 Å². The molecule has 0 saturated carbocycles. The lowest BCUT2D eigenvalue weighted by molar-refractivity contribution is -0.136. The van der Waals surface area contributed by atoms with Crippen LogP contribution in [0.15, 0.2) is 0 Å². The topological polar surface area (TPSA) is 55.1 Å². The second kappa shape index (κ2) is 5.85. The van der Waals surface area contributed by atoms with Crippen molar-refractivity contribution >= 4 is 5.91 Å². The molecule has 0 aromatic heterocycles. The van der Waals surface area contributed by atoms with E-state index in [1.165, 1.54) is 0 Å². The first-order valence-electron chi connectivity index (χ1n) is 4.45. The third-order valence-corrected chi connectivity index (χ3v) is 1.86. The van der Waals surface area contributed by atoms with Gasteiger partial charge >= 0.3 is 6.18 Å². The Morgan fingerprint density at radius 3 is 2.43 bits per heavy atom. The Morgan fingerprint density at radius 1 is 1.50 bits per heavy atom. The van der Waals surface area contributed by atoms with Crippen LogP contribution in [-0.2, 0) is 4.79 Å². The van der Waals surface area contributed by atoms with Crippen molar-refractivity contribution in [2.75, 3.05) is 13.1 Å². The number of nitrogens with two attached hydrogens (primary N) is 1. The Hall–Kier alpha value is -0.780. The number of nitrogens with one attached hydrogen (secondary N) is 1. The average Bonchev–Trinajstić information content (AvgIpc) is 2.04. The molecule has 14 heavy (non-hydrogen) atoms. The maximum Gasteiger partial charge on any atom is 0.390 e. The van der Waals surface area contributed by atoms with Crippen molar-refractivity contribution in [3.05, 3.63) is 0 Å². The predicted molar refractivity (Wildman–Crippen MR) is 46.5 cm³/mol. The van der Waals surface area contributed by atoms with Gasteiger partial charge in [-0.1, -0.05) is 6.92 Å². The molecular formula is C8H15F3N2O. The monoisotopic (exact) mass is 212 g/mol. The van der Waals surface area contributed by atoms with Gasteiger partial charge < -0.3 is 11.1 Å². The molecule has 6 heteroatoms. The predicted octanol–water partition coefficient (Wildman–Crippen LogP) is 1.04. The highest BCUT2D eigenvalue weighted by atomic mass is 19.4. The standard InChI is InChI=1S/C8H15F3N2O/c1-2-6(5-12)7(14)13-4-3-8(9,10)11/h6H,2-5,12H2,1H3,(H,13,14). The van der Waals surface area contributed by atoms with E-state index in [-0.39, 0.29) is 19.0 Å². The van der Waals surface area contributed by atoms with Crippen molar-refractivity contribution in [2.45, 2.75) is 25.9 Å². The van der Waals surface area contributed by atoms with E-state index < -0.39 is 18.5 Å².